The lowest BCUT2D eigenvalue weighted by Gasteiger charge is -2.36. The molecule has 19 heavy (non-hydrogen) atoms. The Kier molecular flexibility index (Phi) is 4.50. The minimum Gasteiger partial charge on any atom is -0.328 e. The average molecular weight is 263 g/mol. The second kappa shape index (κ2) is 6.12. The second-order valence-electron chi connectivity index (χ2n) is 5.34. The van der Waals surface area contributed by atoms with Gasteiger partial charge in [-0.25, -0.2) is 0 Å². The summed E-state index contributed by atoms with van der Waals surface area (Å²) in [7, 11) is 0. The molecule has 0 aromatic heterocycles. The van der Waals surface area contributed by atoms with Crippen molar-refractivity contribution in [3.8, 4) is 0 Å². The zero-order valence-electron chi connectivity index (χ0n) is 11.3. The predicted octanol–water partition coefficient (Wildman–Crippen LogP) is 1.95. The molecule has 1 fully saturated rings. The SMILES string of the molecule is CC1CC(N)CCN1CCc1ccc([N+](=O)[O-])cc1. The molecule has 2 N–H and O–H groups in total. The minimum absolute atomic E-state index is 0.154. The van der Waals surface area contributed by atoms with E-state index in [1.807, 2.05) is 12.1 Å². The van der Waals surface area contributed by atoms with E-state index in [-0.39, 0.29) is 10.6 Å². The molecule has 0 amide bonds. The highest BCUT2D eigenvalue weighted by Gasteiger charge is 2.22. The second-order valence-corrected chi connectivity index (χ2v) is 5.34. The van der Waals surface area contributed by atoms with E-state index in [1.54, 1.807) is 12.1 Å². The largest absolute Gasteiger partial charge is 0.328 e. The monoisotopic (exact) mass is 263 g/mol. The van der Waals surface area contributed by atoms with Gasteiger partial charge < -0.3 is 10.6 Å². The van der Waals surface area contributed by atoms with Crippen LogP contribution in [0.1, 0.15) is 25.3 Å². The third-order valence-electron chi connectivity index (χ3n) is 3.89. The molecular formula is C14H21N3O2. The van der Waals surface area contributed by atoms with Crippen LogP contribution < -0.4 is 5.73 Å². The Bertz CT molecular complexity index is 433. The summed E-state index contributed by atoms with van der Waals surface area (Å²) in [5, 5.41) is 10.6. The molecule has 0 spiro atoms. The Morgan fingerprint density at radius 1 is 1.42 bits per heavy atom. The lowest BCUT2D eigenvalue weighted by molar-refractivity contribution is -0.384. The van der Waals surface area contributed by atoms with E-state index in [1.165, 1.54) is 0 Å². The molecule has 0 radical (unpaired) electrons. The fourth-order valence-corrected chi connectivity index (χ4v) is 2.65. The summed E-state index contributed by atoms with van der Waals surface area (Å²) in [5.74, 6) is 0. The first-order valence-electron chi connectivity index (χ1n) is 6.79. The van der Waals surface area contributed by atoms with Crippen molar-refractivity contribution in [2.45, 2.75) is 38.3 Å². The molecule has 5 heteroatoms. The lowest BCUT2D eigenvalue weighted by atomic mass is 9.98. The summed E-state index contributed by atoms with van der Waals surface area (Å²) in [6.07, 6.45) is 3.04. The number of nitrogens with two attached hydrogens (primary N) is 1. The van der Waals surface area contributed by atoms with Gasteiger partial charge in [-0.3, -0.25) is 10.1 Å². The highest BCUT2D eigenvalue weighted by molar-refractivity contribution is 5.32. The molecular weight excluding hydrogens is 242 g/mol. The summed E-state index contributed by atoms with van der Waals surface area (Å²) < 4.78 is 0. The summed E-state index contributed by atoms with van der Waals surface area (Å²) in [4.78, 5) is 12.7. The topological polar surface area (TPSA) is 72.4 Å². The maximum absolute atomic E-state index is 10.6. The number of rotatable bonds is 4. The number of hydrogen-bond acceptors (Lipinski definition) is 4. The van der Waals surface area contributed by atoms with Gasteiger partial charge in [0.1, 0.15) is 0 Å². The van der Waals surface area contributed by atoms with Crippen molar-refractivity contribution in [1.29, 1.82) is 0 Å². The van der Waals surface area contributed by atoms with Crippen LogP contribution in [0.5, 0.6) is 0 Å². The van der Waals surface area contributed by atoms with Crippen molar-refractivity contribution in [2.75, 3.05) is 13.1 Å². The molecule has 1 aromatic carbocycles. The molecule has 104 valence electrons. The average Bonchev–Trinajstić information content (AvgIpc) is 2.38. The van der Waals surface area contributed by atoms with Crippen molar-refractivity contribution in [1.82, 2.24) is 4.90 Å². The van der Waals surface area contributed by atoms with Crippen LogP contribution in [-0.2, 0) is 6.42 Å². The van der Waals surface area contributed by atoms with E-state index in [4.69, 9.17) is 5.73 Å². The van der Waals surface area contributed by atoms with Gasteiger partial charge in [0.15, 0.2) is 0 Å². The van der Waals surface area contributed by atoms with Gasteiger partial charge in [0.25, 0.3) is 5.69 Å². The van der Waals surface area contributed by atoms with Crippen LogP contribution in [0, 0.1) is 10.1 Å². The Labute approximate surface area is 113 Å². The van der Waals surface area contributed by atoms with Gasteiger partial charge in [-0.1, -0.05) is 12.1 Å². The van der Waals surface area contributed by atoms with Crippen molar-refractivity contribution in [2.24, 2.45) is 5.73 Å². The van der Waals surface area contributed by atoms with Gasteiger partial charge in [0, 0.05) is 30.8 Å². The van der Waals surface area contributed by atoms with Gasteiger partial charge in [0.05, 0.1) is 4.92 Å². The van der Waals surface area contributed by atoms with E-state index in [0.29, 0.717) is 12.1 Å². The number of likely N-dealkylation sites (tertiary alicyclic amines) is 1. The smallest absolute Gasteiger partial charge is 0.269 e. The van der Waals surface area contributed by atoms with Crippen molar-refractivity contribution >= 4 is 5.69 Å². The molecule has 1 heterocycles. The first kappa shape index (κ1) is 14.0. The summed E-state index contributed by atoms with van der Waals surface area (Å²) in [6.45, 7) is 4.26. The number of nitrogens with zero attached hydrogens (tertiary/aromatic N) is 2. The molecule has 1 aliphatic rings. The maximum atomic E-state index is 10.6. The Morgan fingerprint density at radius 3 is 2.68 bits per heavy atom. The molecule has 0 bridgehead atoms. The van der Waals surface area contributed by atoms with Crippen LogP contribution >= 0.6 is 0 Å². The highest BCUT2D eigenvalue weighted by atomic mass is 16.6. The number of piperidine rings is 1. The number of hydrogen-bond donors (Lipinski definition) is 1. The molecule has 1 aromatic rings. The third kappa shape index (κ3) is 3.75. The van der Waals surface area contributed by atoms with Crippen molar-refractivity contribution in [3.05, 3.63) is 39.9 Å². The molecule has 2 rings (SSSR count). The van der Waals surface area contributed by atoms with Crippen LogP contribution in [0.3, 0.4) is 0 Å². The quantitative estimate of drug-likeness (QED) is 0.665. The van der Waals surface area contributed by atoms with Gasteiger partial charge in [-0.2, -0.15) is 0 Å². The van der Waals surface area contributed by atoms with Crippen molar-refractivity contribution in [3.63, 3.8) is 0 Å². The Morgan fingerprint density at radius 2 is 2.11 bits per heavy atom. The number of non-ortho nitro benzene ring substituents is 1. The van der Waals surface area contributed by atoms with Crippen molar-refractivity contribution < 1.29 is 4.92 Å². The molecule has 1 saturated heterocycles. The number of benzene rings is 1. The summed E-state index contributed by atoms with van der Waals surface area (Å²) in [6, 6.07) is 7.71. The fraction of sp³-hybridized carbons (Fsp3) is 0.571. The molecule has 2 atom stereocenters. The van der Waals surface area contributed by atoms with Gasteiger partial charge in [-0.15, -0.1) is 0 Å². The maximum Gasteiger partial charge on any atom is 0.269 e. The van der Waals surface area contributed by atoms with Crippen LogP contribution in [-0.4, -0.2) is 35.0 Å². The third-order valence-corrected chi connectivity index (χ3v) is 3.89. The fourth-order valence-electron chi connectivity index (χ4n) is 2.65. The van der Waals surface area contributed by atoms with E-state index >= 15 is 0 Å². The summed E-state index contributed by atoms with van der Waals surface area (Å²) >= 11 is 0. The van der Waals surface area contributed by atoms with E-state index < -0.39 is 0 Å². The zero-order valence-corrected chi connectivity index (χ0v) is 11.3. The normalized spacial score (nSPS) is 24.3. The summed E-state index contributed by atoms with van der Waals surface area (Å²) in [5.41, 5.74) is 7.25. The minimum atomic E-state index is -0.363. The van der Waals surface area contributed by atoms with Gasteiger partial charge in [0.2, 0.25) is 0 Å². The van der Waals surface area contributed by atoms with Gasteiger partial charge >= 0.3 is 0 Å². The number of nitro groups is 1. The van der Waals surface area contributed by atoms with E-state index in [0.717, 1.165) is 37.9 Å². The molecule has 1 aliphatic heterocycles. The van der Waals surface area contributed by atoms with E-state index in [2.05, 4.69) is 11.8 Å². The van der Waals surface area contributed by atoms with Gasteiger partial charge in [-0.05, 0) is 38.3 Å². The number of nitro benzene ring substituents is 1. The molecule has 5 nitrogen and oxygen atoms in total. The highest BCUT2D eigenvalue weighted by Crippen LogP contribution is 2.17. The first-order valence-corrected chi connectivity index (χ1v) is 6.79. The van der Waals surface area contributed by atoms with Crippen LogP contribution in [0.15, 0.2) is 24.3 Å². The molecule has 0 saturated carbocycles. The first-order chi connectivity index (χ1) is 9.06. The molecule has 2 unspecified atom stereocenters. The molecule has 0 aliphatic carbocycles. The predicted molar refractivity (Wildman–Crippen MR) is 75.0 cm³/mol. The van der Waals surface area contributed by atoms with E-state index in [9.17, 15) is 10.1 Å². The van der Waals surface area contributed by atoms with Crippen LogP contribution in [0.4, 0.5) is 5.69 Å². The Hall–Kier alpha value is -1.46. The Balaban J connectivity index is 1.86. The lowest BCUT2D eigenvalue weighted by Crippen LogP contribution is -2.46. The zero-order chi connectivity index (χ0) is 13.8. The van der Waals surface area contributed by atoms with Crippen LogP contribution in [0.2, 0.25) is 0 Å². The van der Waals surface area contributed by atoms with Crippen LogP contribution in [0.25, 0.3) is 0 Å². The standard InChI is InChI=1S/C14H21N3O2/c1-11-10-13(15)7-9-16(11)8-6-12-2-4-14(5-3-12)17(18)19/h2-5,11,13H,6-10,15H2,1H3.